The van der Waals surface area contributed by atoms with Gasteiger partial charge < -0.3 is 21.3 Å². The van der Waals surface area contributed by atoms with Crippen LogP contribution in [0.3, 0.4) is 0 Å². The van der Waals surface area contributed by atoms with E-state index >= 15 is 0 Å². The summed E-state index contributed by atoms with van der Waals surface area (Å²) in [6.07, 6.45) is 14.4. The van der Waals surface area contributed by atoms with E-state index in [1.807, 2.05) is 48.8 Å². The summed E-state index contributed by atoms with van der Waals surface area (Å²) in [5, 5.41) is 18.8. The van der Waals surface area contributed by atoms with Crippen molar-refractivity contribution in [1.82, 2.24) is 27.9 Å². The van der Waals surface area contributed by atoms with Gasteiger partial charge in [0.25, 0.3) is 11.1 Å². The number of fused-ring (bicyclic) bond motifs is 2. The predicted octanol–water partition coefficient (Wildman–Crippen LogP) is 2.69. The van der Waals surface area contributed by atoms with Crippen LogP contribution in [0.4, 0.5) is 11.6 Å². The molecule has 2 aliphatic rings. The molecule has 0 saturated carbocycles. The lowest BCUT2D eigenvalue weighted by molar-refractivity contribution is 0.495. The molecule has 2 fully saturated rings. The Bertz CT molecular complexity index is 2260. The van der Waals surface area contributed by atoms with Crippen LogP contribution in [-0.2, 0) is 13.1 Å². The Balaban J connectivity index is 0.000000162. The van der Waals surface area contributed by atoms with E-state index in [1.54, 1.807) is 55.0 Å². The molecule has 2 aliphatic heterocycles. The van der Waals surface area contributed by atoms with Crippen LogP contribution in [0.1, 0.15) is 47.9 Å². The molecule has 2 aromatic carbocycles. The molecule has 52 heavy (non-hydrogen) atoms. The summed E-state index contributed by atoms with van der Waals surface area (Å²) < 4.78 is 6.94. The van der Waals surface area contributed by atoms with Crippen molar-refractivity contribution in [2.75, 3.05) is 36.0 Å². The van der Waals surface area contributed by atoms with E-state index in [0.29, 0.717) is 48.5 Å². The summed E-state index contributed by atoms with van der Waals surface area (Å²) in [7, 11) is 0. The maximum atomic E-state index is 13.1. The number of nitrogens with two attached hydrogens (primary N) is 2. The first-order valence-corrected chi connectivity index (χ1v) is 17.4. The number of piperidine rings is 2. The zero-order valence-electron chi connectivity index (χ0n) is 28.8. The van der Waals surface area contributed by atoms with Gasteiger partial charge in [-0.15, -0.1) is 0 Å². The van der Waals surface area contributed by atoms with Crippen molar-refractivity contribution >= 4 is 22.8 Å². The SMILES string of the molecule is N#Cc1ccccc1Cn1c(N2CCC[C@@H](N)C2)cn2ccnc2c1=O.N#Cc1ccccc1Cn1c(N2CCC[C@@H](N)C2)cn2cncc2c1=O. The molecule has 264 valence electrons. The first-order valence-electron chi connectivity index (χ1n) is 17.4. The van der Waals surface area contributed by atoms with Crippen LogP contribution in [0, 0.1) is 22.7 Å². The average Bonchev–Trinajstić information content (AvgIpc) is 3.85. The summed E-state index contributed by atoms with van der Waals surface area (Å²) in [5.41, 5.74) is 15.7. The molecular formula is C38H40N12O2. The maximum Gasteiger partial charge on any atom is 0.296 e. The molecule has 0 amide bonds. The molecule has 6 heterocycles. The van der Waals surface area contributed by atoms with Crippen LogP contribution in [0.15, 0.2) is 95.4 Å². The number of hydrogen-bond acceptors (Lipinski definition) is 10. The molecule has 14 nitrogen and oxygen atoms in total. The smallest absolute Gasteiger partial charge is 0.296 e. The molecule has 14 heteroatoms. The molecule has 0 spiro atoms. The molecular weight excluding hydrogens is 656 g/mol. The molecule has 0 bridgehead atoms. The third-order valence-corrected chi connectivity index (χ3v) is 9.79. The topological polar surface area (TPSA) is 185 Å². The third-order valence-electron chi connectivity index (χ3n) is 9.79. The molecule has 4 N–H and O–H groups in total. The minimum absolute atomic E-state index is 0.0946. The molecule has 2 saturated heterocycles. The normalized spacial score (nSPS) is 17.4. The summed E-state index contributed by atoms with van der Waals surface area (Å²) in [6, 6.07) is 19.3. The van der Waals surface area contributed by atoms with Gasteiger partial charge in [-0.25, -0.2) is 9.97 Å². The van der Waals surface area contributed by atoms with Crippen molar-refractivity contribution in [3.63, 3.8) is 0 Å². The minimum atomic E-state index is -0.167. The Morgan fingerprint density at radius 2 is 1.29 bits per heavy atom. The van der Waals surface area contributed by atoms with E-state index in [4.69, 9.17) is 11.5 Å². The van der Waals surface area contributed by atoms with Gasteiger partial charge >= 0.3 is 0 Å². The highest BCUT2D eigenvalue weighted by Gasteiger charge is 2.24. The zero-order valence-corrected chi connectivity index (χ0v) is 28.8. The Kier molecular flexibility index (Phi) is 9.84. The summed E-state index contributed by atoms with van der Waals surface area (Å²) >= 11 is 0. The number of benzene rings is 2. The third kappa shape index (κ3) is 6.90. The largest absolute Gasteiger partial charge is 0.355 e. The van der Waals surface area contributed by atoms with E-state index in [9.17, 15) is 20.1 Å². The molecule has 4 aromatic heterocycles. The number of nitrogens with zero attached hydrogens (tertiary/aromatic N) is 10. The highest BCUT2D eigenvalue weighted by atomic mass is 16.1. The van der Waals surface area contributed by atoms with Gasteiger partial charge in [0, 0.05) is 50.7 Å². The predicted molar refractivity (Wildman–Crippen MR) is 198 cm³/mol. The average molecular weight is 697 g/mol. The first-order chi connectivity index (χ1) is 25.3. The van der Waals surface area contributed by atoms with Crippen molar-refractivity contribution in [3.8, 4) is 12.1 Å². The van der Waals surface area contributed by atoms with Crippen molar-refractivity contribution < 1.29 is 0 Å². The monoisotopic (exact) mass is 696 g/mol. The van der Waals surface area contributed by atoms with Gasteiger partial charge in [0.1, 0.15) is 17.2 Å². The summed E-state index contributed by atoms with van der Waals surface area (Å²) in [6.45, 7) is 3.79. The van der Waals surface area contributed by atoms with Crippen LogP contribution >= 0.6 is 0 Å². The number of anilines is 2. The van der Waals surface area contributed by atoms with Crippen LogP contribution < -0.4 is 32.4 Å². The van der Waals surface area contributed by atoms with Gasteiger partial charge in [-0.1, -0.05) is 36.4 Å². The van der Waals surface area contributed by atoms with Crippen LogP contribution in [0.2, 0.25) is 0 Å². The maximum absolute atomic E-state index is 13.1. The second-order valence-electron chi connectivity index (χ2n) is 13.3. The number of nitriles is 2. The van der Waals surface area contributed by atoms with Crippen LogP contribution in [0.5, 0.6) is 0 Å². The van der Waals surface area contributed by atoms with Crippen LogP contribution in [0.25, 0.3) is 11.2 Å². The lowest BCUT2D eigenvalue weighted by Gasteiger charge is -2.34. The molecule has 6 aromatic rings. The lowest BCUT2D eigenvalue weighted by atomic mass is 10.1. The molecule has 2 atom stereocenters. The number of hydrogen-bond donors (Lipinski definition) is 2. The fourth-order valence-corrected chi connectivity index (χ4v) is 7.13. The van der Waals surface area contributed by atoms with Gasteiger partial charge in [-0.05, 0) is 48.9 Å². The fraction of sp³-hybridized carbons (Fsp3) is 0.316. The summed E-state index contributed by atoms with van der Waals surface area (Å²) in [5.74, 6) is 1.62. The number of imidazole rings is 2. The van der Waals surface area contributed by atoms with E-state index < -0.39 is 0 Å². The van der Waals surface area contributed by atoms with Gasteiger partial charge in [0.2, 0.25) is 5.65 Å². The number of rotatable bonds is 6. The highest BCUT2D eigenvalue weighted by Crippen LogP contribution is 2.23. The van der Waals surface area contributed by atoms with Gasteiger partial charge in [0.05, 0.1) is 61.3 Å². The van der Waals surface area contributed by atoms with Crippen molar-refractivity contribution in [3.05, 3.63) is 129 Å². The molecule has 0 unspecified atom stereocenters. The Hall–Kier alpha value is -6.22. The first kappa shape index (κ1) is 34.2. The Morgan fingerprint density at radius 1 is 0.750 bits per heavy atom. The Morgan fingerprint density at radius 3 is 1.85 bits per heavy atom. The van der Waals surface area contributed by atoms with E-state index in [2.05, 4.69) is 31.9 Å². The minimum Gasteiger partial charge on any atom is -0.355 e. The molecule has 8 rings (SSSR count). The van der Waals surface area contributed by atoms with Gasteiger partial charge in [0.15, 0.2) is 0 Å². The second kappa shape index (κ2) is 14.9. The number of aromatic nitrogens is 6. The standard InChI is InChI=1S/2C19H20N6O/c20-10-14-4-1-2-5-15(14)11-25-17(23-8-3-6-16(21)12-23)13-24-9-7-22-18(24)19(25)26;20-8-14-4-1-2-5-15(14)10-25-18(23-7-3-6-16(21)11-23)12-24-13-22-9-17(24)19(25)26/h1-2,4-5,7,9,13,16H,3,6,8,11-12,21H2;1-2,4-5,9,12-13,16H,3,6-7,10-11,21H2/t2*16-/m11/s1. The molecule has 0 radical (unpaired) electrons. The summed E-state index contributed by atoms with van der Waals surface area (Å²) in [4.78, 5) is 38.8. The lowest BCUT2D eigenvalue weighted by Crippen LogP contribution is -2.45. The fourth-order valence-electron chi connectivity index (χ4n) is 7.13. The highest BCUT2D eigenvalue weighted by molar-refractivity contribution is 5.51. The Labute approximate surface area is 300 Å². The van der Waals surface area contributed by atoms with Crippen LogP contribution in [-0.4, -0.2) is 66.2 Å². The van der Waals surface area contributed by atoms with E-state index in [0.717, 1.165) is 61.5 Å². The van der Waals surface area contributed by atoms with Crippen molar-refractivity contribution in [1.29, 1.82) is 10.5 Å². The van der Waals surface area contributed by atoms with Crippen molar-refractivity contribution in [2.24, 2.45) is 11.5 Å². The van der Waals surface area contributed by atoms with E-state index in [1.165, 1.54) is 0 Å². The van der Waals surface area contributed by atoms with Gasteiger partial charge in [-0.2, -0.15) is 10.5 Å². The quantitative estimate of drug-likeness (QED) is 0.262. The van der Waals surface area contributed by atoms with Gasteiger partial charge in [-0.3, -0.25) is 27.5 Å². The van der Waals surface area contributed by atoms with Crippen molar-refractivity contribution in [2.45, 2.75) is 50.9 Å². The zero-order chi connectivity index (χ0) is 36.2. The molecule has 0 aliphatic carbocycles. The second-order valence-corrected chi connectivity index (χ2v) is 13.3. The van der Waals surface area contributed by atoms with E-state index in [-0.39, 0.29) is 23.2 Å².